The number of benzene rings is 1. The molecule has 0 spiro atoms. The Hall–Kier alpha value is -2.45. The molecule has 2 aromatic heterocycles. The first-order valence-corrected chi connectivity index (χ1v) is 9.60. The Bertz CT molecular complexity index is 974. The number of carbonyl (C=O) groups is 1. The van der Waals surface area contributed by atoms with Crippen LogP contribution in [0.4, 0.5) is 0 Å². The number of likely N-dealkylation sites (tertiary alicyclic amines) is 1. The number of amides is 1. The van der Waals surface area contributed by atoms with E-state index in [0.717, 1.165) is 68.1 Å². The molecule has 9 heteroatoms. The number of carbonyl (C=O) groups excluding carboxylic acids is 1. The Kier molecular flexibility index (Phi) is 5.32. The monoisotopic (exact) mass is 401 g/mol. The molecule has 2 aliphatic heterocycles. The average molecular weight is 402 g/mol. The van der Waals surface area contributed by atoms with Gasteiger partial charge < -0.3 is 14.8 Å². The molecule has 28 heavy (non-hydrogen) atoms. The van der Waals surface area contributed by atoms with Gasteiger partial charge in [0.15, 0.2) is 0 Å². The smallest absolute Gasteiger partial charge is 0.244 e. The molecule has 0 aliphatic carbocycles. The Morgan fingerprint density at radius 2 is 1.96 bits per heavy atom. The van der Waals surface area contributed by atoms with Gasteiger partial charge in [0.05, 0.1) is 18.3 Å². The van der Waals surface area contributed by atoms with Crippen LogP contribution < -0.4 is 5.32 Å². The van der Waals surface area contributed by atoms with E-state index in [4.69, 9.17) is 0 Å². The van der Waals surface area contributed by atoms with Crippen molar-refractivity contribution in [2.24, 2.45) is 0 Å². The minimum absolute atomic E-state index is 0. The molecule has 5 rings (SSSR count). The predicted molar refractivity (Wildman–Crippen MR) is 107 cm³/mol. The molecule has 0 radical (unpaired) electrons. The SMILES string of the molecule is Cl.O=C(Cn1ncc2ccccc21)N1CCC(c2nnc3n2CCNC3)CC1. The maximum atomic E-state index is 12.8. The van der Waals surface area contributed by atoms with Crippen LogP contribution in [-0.2, 0) is 24.4 Å². The van der Waals surface area contributed by atoms with E-state index in [-0.39, 0.29) is 18.3 Å². The van der Waals surface area contributed by atoms with E-state index in [9.17, 15) is 4.79 Å². The first-order valence-electron chi connectivity index (χ1n) is 9.60. The van der Waals surface area contributed by atoms with Gasteiger partial charge in [-0.3, -0.25) is 9.48 Å². The molecule has 1 aromatic carbocycles. The summed E-state index contributed by atoms with van der Waals surface area (Å²) in [6.45, 7) is 4.52. The third kappa shape index (κ3) is 3.38. The number of piperidine rings is 1. The Morgan fingerprint density at radius 3 is 2.82 bits per heavy atom. The number of aromatic nitrogens is 5. The van der Waals surface area contributed by atoms with E-state index >= 15 is 0 Å². The highest BCUT2D eigenvalue weighted by molar-refractivity contribution is 5.85. The van der Waals surface area contributed by atoms with Crippen molar-refractivity contribution >= 4 is 29.2 Å². The summed E-state index contributed by atoms with van der Waals surface area (Å²) >= 11 is 0. The van der Waals surface area contributed by atoms with Crippen LogP contribution in [-0.4, -0.2) is 55.0 Å². The molecule has 8 nitrogen and oxygen atoms in total. The van der Waals surface area contributed by atoms with Crippen LogP contribution in [0.2, 0.25) is 0 Å². The van der Waals surface area contributed by atoms with Gasteiger partial charge >= 0.3 is 0 Å². The van der Waals surface area contributed by atoms with Crippen molar-refractivity contribution in [3.63, 3.8) is 0 Å². The third-order valence-corrected chi connectivity index (χ3v) is 5.70. The summed E-state index contributed by atoms with van der Waals surface area (Å²) in [5, 5.41) is 17.5. The molecule has 4 heterocycles. The lowest BCUT2D eigenvalue weighted by molar-refractivity contribution is -0.133. The molecular formula is C19H24ClN7O. The zero-order valence-electron chi connectivity index (χ0n) is 15.6. The highest BCUT2D eigenvalue weighted by Crippen LogP contribution is 2.28. The molecule has 0 unspecified atom stereocenters. The summed E-state index contributed by atoms with van der Waals surface area (Å²) in [5.74, 6) is 2.64. The fourth-order valence-electron chi connectivity index (χ4n) is 4.18. The van der Waals surface area contributed by atoms with Crippen molar-refractivity contribution in [3.05, 3.63) is 42.1 Å². The highest BCUT2D eigenvalue weighted by atomic mass is 35.5. The fourth-order valence-corrected chi connectivity index (χ4v) is 4.18. The number of fused-ring (bicyclic) bond motifs is 2. The lowest BCUT2D eigenvalue weighted by atomic mass is 9.95. The molecule has 2 aliphatic rings. The Balaban J connectivity index is 0.00000192. The van der Waals surface area contributed by atoms with Gasteiger partial charge in [-0.05, 0) is 18.9 Å². The summed E-state index contributed by atoms with van der Waals surface area (Å²) in [7, 11) is 0. The lowest BCUT2D eigenvalue weighted by Gasteiger charge is -2.32. The number of halogens is 1. The minimum atomic E-state index is 0. The number of nitrogens with one attached hydrogen (secondary N) is 1. The van der Waals surface area contributed by atoms with E-state index in [0.29, 0.717) is 12.5 Å². The van der Waals surface area contributed by atoms with Gasteiger partial charge in [0, 0.05) is 37.5 Å². The summed E-state index contributed by atoms with van der Waals surface area (Å²) in [4.78, 5) is 14.7. The molecule has 0 saturated carbocycles. The van der Waals surface area contributed by atoms with Gasteiger partial charge in [-0.25, -0.2) is 0 Å². The summed E-state index contributed by atoms with van der Waals surface area (Å²) in [6.07, 6.45) is 3.70. The van der Waals surface area contributed by atoms with Gasteiger partial charge in [-0.1, -0.05) is 18.2 Å². The molecule has 0 atom stereocenters. The van der Waals surface area contributed by atoms with Gasteiger partial charge in [0.25, 0.3) is 0 Å². The van der Waals surface area contributed by atoms with Crippen molar-refractivity contribution in [3.8, 4) is 0 Å². The second kappa shape index (κ2) is 7.89. The van der Waals surface area contributed by atoms with Gasteiger partial charge in [-0.2, -0.15) is 5.10 Å². The van der Waals surface area contributed by atoms with E-state index in [1.54, 1.807) is 4.68 Å². The normalized spacial score (nSPS) is 17.4. The topological polar surface area (TPSA) is 80.9 Å². The van der Waals surface area contributed by atoms with Crippen LogP contribution in [0.15, 0.2) is 30.5 Å². The predicted octanol–water partition coefficient (Wildman–Crippen LogP) is 1.56. The molecule has 3 aromatic rings. The van der Waals surface area contributed by atoms with Crippen LogP contribution in [0.5, 0.6) is 0 Å². The zero-order valence-corrected chi connectivity index (χ0v) is 16.4. The van der Waals surface area contributed by atoms with Gasteiger partial charge in [0.1, 0.15) is 18.2 Å². The average Bonchev–Trinajstić information content (AvgIpc) is 3.33. The molecular weight excluding hydrogens is 378 g/mol. The number of nitrogens with zero attached hydrogens (tertiary/aromatic N) is 6. The van der Waals surface area contributed by atoms with Crippen molar-refractivity contribution in [1.29, 1.82) is 0 Å². The largest absolute Gasteiger partial charge is 0.341 e. The maximum Gasteiger partial charge on any atom is 0.244 e. The maximum absolute atomic E-state index is 12.8. The second-order valence-electron chi connectivity index (χ2n) is 7.32. The van der Waals surface area contributed by atoms with E-state index in [1.807, 2.05) is 35.4 Å². The molecule has 1 fully saturated rings. The van der Waals surface area contributed by atoms with Crippen molar-refractivity contribution in [1.82, 2.24) is 34.8 Å². The molecule has 148 valence electrons. The van der Waals surface area contributed by atoms with Gasteiger partial charge in [-0.15, -0.1) is 22.6 Å². The standard InChI is InChI=1S/C19H23N7O.ClH/c27-18(13-26-16-4-2-1-3-15(16)11-21-26)24-8-5-14(6-9-24)19-23-22-17-12-20-7-10-25(17)19;/h1-4,11,14,20H,5-10,12-13H2;1H. The van der Waals surface area contributed by atoms with Crippen LogP contribution in [0.1, 0.15) is 30.4 Å². The van der Waals surface area contributed by atoms with Crippen molar-refractivity contribution in [2.75, 3.05) is 19.6 Å². The number of hydrogen-bond donors (Lipinski definition) is 1. The summed E-state index contributed by atoms with van der Waals surface area (Å²) in [6, 6.07) is 7.99. The first kappa shape index (κ1) is 18.9. The van der Waals surface area contributed by atoms with E-state index < -0.39 is 0 Å². The summed E-state index contributed by atoms with van der Waals surface area (Å²) in [5.41, 5.74) is 1.00. The van der Waals surface area contributed by atoms with Crippen molar-refractivity contribution in [2.45, 2.75) is 38.4 Å². The fraction of sp³-hybridized carbons (Fsp3) is 0.474. The number of para-hydroxylation sites is 1. The van der Waals surface area contributed by atoms with Crippen LogP contribution in [0.3, 0.4) is 0 Å². The van der Waals surface area contributed by atoms with E-state index in [1.165, 1.54) is 0 Å². The van der Waals surface area contributed by atoms with Crippen LogP contribution >= 0.6 is 12.4 Å². The van der Waals surface area contributed by atoms with Crippen molar-refractivity contribution < 1.29 is 4.79 Å². The Morgan fingerprint density at radius 1 is 1.14 bits per heavy atom. The minimum Gasteiger partial charge on any atom is -0.341 e. The Labute approximate surface area is 169 Å². The number of hydrogen-bond acceptors (Lipinski definition) is 5. The van der Waals surface area contributed by atoms with Gasteiger partial charge in [0.2, 0.25) is 5.91 Å². The third-order valence-electron chi connectivity index (χ3n) is 5.70. The summed E-state index contributed by atoms with van der Waals surface area (Å²) < 4.78 is 4.06. The van der Waals surface area contributed by atoms with E-state index in [2.05, 4.69) is 25.2 Å². The lowest BCUT2D eigenvalue weighted by Crippen LogP contribution is -2.40. The van der Waals surface area contributed by atoms with Crippen LogP contribution in [0, 0.1) is 0 Å². The number of rotatable bonds is 3. The first-order chi connectivity index (χ1) is 13.3. The zero-order chi connectivity index (χ0) is 18.2. The van der Waals surface area contributed by atoms with Crippen LogP contribution in [0.25, 0.3) is 10.9 Å². The highest BCUT2D eigenvalue weighted by Gasteiger charge is 2.29. The molecule has 1 amide bonds. The quantitative estimate of drug-likeness (QED) is 0.720. The molecule has 1 N–H and O–H groups in total. The molecule has 0 bridgehead atoms. The second-order valence-corrected chi connectivity index (χ2v) is 7.32. The molecule has 1 saturated heterocycles.